The van der Waals surface area contributed by atoms with Gasteiger partial charge in [0.2, 0.25) is 0 Å². The Labute approximate surface area is 170 Å². The van der Waals surface area contributed by atoms with Gasteiger partial charge in [0.05, 0.1) is 16.9 Å². The molecule has 9 heteroatoms. The number of amides is 1. The monoisotopic (exact) mass is 408 g/mol. The van der Waals surface area contributed by atoms with E-state index in [2.05, 4.69) is 20.6 Å². The first-order valence-corrected chi connectivity index (χ1v) is 8.45. The Morgan fingerprint density at radius 1 is 1.22 bits per heavy atom. The van der Waals surface area contributed by atoms with Gasteiger partial charge < -0.3 is 10.2 Å². The van der Waals surface area contributed by atoms with Crippen molar-refractivity contribution in [1.82, 2.24) is 30.2 Å². The number of fused-ring (bicyclic) bond motifs is 1. The van der Waals surface area contributed by atoms with Gasteiger partial charge in [-0.05, 0) is 38.1 Å². The number of nitrogens with one attached hydrogen (secondary N) is 1. The Morgan fingerprint density at radius 3 is 2.81 bits per heavy atom. The van der Waals surface area contributed by atoms with Crippen LogP contribution in [0.15, 0.2) is 36.5 Å². The highest BCUT2D eigenvalue weighted by atomic mass is 35.5. The van der Waals surface area contributed by atoms with Crippen molar-refractivity contribution in [2.75, 3.05) is 19.6 Å². The Morgan fingerprint density at radius 2 is 2.04 bits per heavy atom. The van der Waals surface area contributed by atoms with Crippen molar-refractivity contribution in [2.45, 2.75) is 19.9 Å². The van der Waals surface area contributed by atoms with Crippen LogP contribution in [0.1, 0.15) is 23.1 Å². The standard InChI is InChI=1S/C18H20N6O.2ClH/c1-12-11-19-9-10-23(12)18(25)17-13(2)24(22-21-17)16-7-3-6-15-14(16)5-4-8-20-15;;/h3-8,12,19H,9-11H2,1-2H3;2*1H. The van der Waals surface area contributed by atoms with Gasteiger partial charge in [0.15, 0.2) is 5.69 Å². The zero-order valence-electron chi connectivity index (χ0n) is 15.1. The molecule has 0 bridgehead atoms. The summed E-state index contributed by atoms with van der Waals surface area (Å²) in [4.78, 5) is 19.2. The highest BCUT2D eigenvalue weighted by Gasteiger charge is 2.28. The van der Waals surface area contributed by atoms with E-state index in [0.29, 0.717) is 12.2 Å². The molecule has 1 atom stereocenters. The zero-order chi connectivity index (χ0) is 17.4. The predicted octanol–water partition coefficient (Wildman–Crippen LogP) is 2.40. The second-order valence-corrected chi connectivity index (χ2v) is 6.33. The molecule has 27 heavy (non-hydrogen) atoms. The number of carbonyl (C=O) groups excluding carboxylic acids is 1. The normalized spacial score (nSPS) is 16.5. The minimum atomic E-state index is -0.0592. The smallest absolute Gasteiger partial charge is 0.276 e. The third kappa shape index (κ3) is 3.76. The molecule has 1 N–H and O–H groups in total. The van der Waals surface area contributed by atoms with Crippen molar-refractivity contribution in [1.29, 1.82) is 0 Å². The summed E-state index contributed by atoms with van der Waals surface area (Å²) < 4.78 is 1.73. The lowest BCUT2D eigenvalue weighted by Crippen LogP contribution is -2.52. The fourth-order valence-corrected chi connectivity index (χ4v) is 3.31. The second kappa shape index (κ2) is 8.65. The number of rotatable bonds is 2. The SMILES string of the molecule is Cc1c(C(=O)N2CCNCC2C)nnn1-c1cccc2ncccc12.Cl.Cl. The number of aromatic nitrogens is 4. The molecule has 1 aliphatic rings. The third-order valence-corrected chi connectivity index (χ3v) is 4.71. The van der Waals surface area contributed by atoms with Crippen LogP contribution in [0.4, 0.5) is 0 Å². The second-order valence-electron chi connectivity index (χ2n) is 6.33. The van der Waals surface area contributed by atoms with Crippen molar-refractivity contribution in [3.63, 3.8) is 0 Å². The van der Waals surface area contributed by atoms with Gasteiger partial charge in [0.1, 0.15) is 0 Å². The maximum absolute atomic E-state index is 12.9. The van der Waals surface area contributed by atoms with Gasteiger partial charge in [-0.1, -0.05) is 11.3 Å². The van der Waals surface area contributed by atoms with Gasteiger partial charge in [-0.3, -0.25) is 9.78 Å². The zero-order valence-corrected chi connectivity index (χ0v) is 16.8. The molecular weight excluding hydrogens is 387 g/mol. The molecule has 1 saturated heterocycles. The molecule has 3 heterocycles. The van der Waals surface area contributed by atoms with Crippen molar-refractivity contribution in [2.24, 2.45) is 0 Å². The Kier molecular flexibility index (Phi) is 6.75. The van der Waals surface area contributed by atoms with Gasteiger partial charge in [-0.2, -0.15) is 0 Å². The quantitative estimate of drug-likeness (QED) is 0.704. The third-order valence-electron chi connectivity index (χ3n) is 4.71. The number of hydrogen-bond acceptors (Lipinski definition) is 5. The summed E-state index contributed by atoms with van der Waals surface area (Å²) >= 11 is 0. The van der Waals surface area contributed by atoms with Crippen LogP contribution in [0.3, 0.4) is 0 Å². The van der Waals surface area contributed by atoms with Crippen LogP contribution in [0.25, 0.3) is 16.6 Å². The molecule has 3 aromatic rings. The van der Waals surface area contributed by atoms with Crippen LogP contribution in [0.5, 0.6) is 0 Å². The molecule has 144 valence electrons. The number of benzene rings is 1. The number of halogens is 2. The number of hydrogen-bond donors (Lipinski definition) is 1. The molecule has 1 fully saturated rings. The van der Waals surface area contributed by atoms with E-state index in [-0.39, 0.29) is 36.8 Å². The van der Waals surface area contributed by atoms with Crippen LogP contribution in [0, 0.1) is 6.92 Å². The minimum absolute atomic E-state index is 0. The van der Waals surface area contributed by atoms with Crippen molar-refractivity contribution >= 4 is 41.6 Å². The lowest BCUT2D eigenvalue weighted by molar-refractivity contribution is 0.0649. The van der Waals surface area contributed by atoms with Crippen LogP contribution in [-0.4, -0.2) is 56.5 Å². The predicted molar refractivity (Wildman–Crippen MR) is 109 cm³/mol. The van der Waals surface area contributed by atoms with Crippen LogP contribution in [-0.2, 0) is 0 Å². The summed E-state index contributed by atoms with van der Waals surface area (Å²) in [6, 6.07) is 9.90. The van der Waals surface area contributed by atoms with Gasteiger partial charge in [-0.15, -0.1) is 29.9 Å². The highest BCUT2D eigenvalue weighted by molar-refractivity contribution is 5.94. The summed E-state index contributed by atoms with van der Waals surface area (Å²) in [6.45, 7) is 6.21. The van der Waals surface area contributed by atoms with Gasteiger partial charge in [0.25, 0.3) is 5.91 Å². The van der Waals surface area contributed by atoms with E-state index < -0.39 is 0 Å². The topological polar surface area (TPSA) is 75.9 Å². The Hall–Kier alpha value is -2.22. The first-order valence-electron chi connectivity index (χ1n) is 8.45. The lowest BCUT2D eigenvalue weighted by Gasteiger charge is -2.33. The molecule has 1 aliphatic heterocycles. The van der Waals surface area contributed by atoms with Gasteiger partial charge >= 0.3 is 0 Å². The maximum Gasteiger partial charge on any atom is 0.276 e. The van der Waals surface area contributed by atoms with Gasteiger partial charge in [0, 0.05) is 37.3 Å². The summed E-state index contributed by atoms with van der Waals surface area (Å²) in [5, 5.41) is 12.7. The van der Waals surface area contributed by atoms with Crippen LogP contribution < -0.4 is 5.32 Å². The van der Waals surface area contributed by atoms with E-state index in [0.717, 1.165) is 35.4 Å². The molecule has 0 saturated carbocycles. The van der Waals surface area contributed by atoms with Crippen LogP contribution in [0.2, 0.25) is 0 Å². The van der Waals surface area contributed by atoms with Crippen molar-refractivity contribution < 1.29 is 4.79 Å². The fraction of sp³-hybridized carbons (Fsp3) is 0.333. The average molecular weight is 409 g/mol. The molecular formula is C18H22Cl2N6O. The molecule has 2 aromatic heterocycles. The largest absolute Gasteiger partial charge is 0.332 e. The molecule has 0 spiro atoms. The minimum Gasteiger partial charge on any atom is -0.332 e. The molecule has 4 rings (SSSR count). The van der Waals surface area contributed by atoms with Crippen LogP contribution >= 0.6 is 24.8 Å². The molecule has 1 aromatic carbocycles. The Bertz CT molecular complexity index is 939. The van der Waals surface area contributed by atoms with E-state index in [1.165, 1.54) is 0 Å². The van der Waals surface area contributed by atoms with Crippen molar-refractivity contribution in [3.05, 3.63) is 47.9 Å². The molecule has 1 amide bonds. The summed E-state index contributed by atoms with van der Waals surface area (Å²) in [7, 11) is 0. The highest BCUT2D eigenvalue weighted by Crippen LogP contribution is 2.22. The van der Waals surface area contributed by atoms with E-state index in [1.807, 2.05) is 49.1 Å². The molecule has 0 radical (unpaired) electrons. The molecule has 1 unspecified atom stereocenters. The number of pyridine rings is 1. The van der Waals surface area contributed by atoms with E-state index >= 15 is 0 Å². The fourth-order valence-electron chi connectivity index (χ4n) is 3.31. The maximum atomic E-state index is 12.9. The first kappa shape index (κ1) is 21.1. The summed E-state index contributed by atoms with van der Waals surface area (Å²) in [5.74, 6) is -0.0592. The number of carbonyl (C=O) groups is 1. The van der Waals surface area contributed by atoms with E-state index in [4.69, 9.17) is 0 Å². The van der Waals surface area contributed by atoms with Crippen molar-refractivity contribution in [3.8, 4) is 5.69 Å². The van der Waals surface area contributed by atoms with E-state index in [1.54, 1.807) is 10.9 Å². The summed E-state index contributed by atoms with van der Waals surface area (Å²) in [6.07, 6.45) is 1.76. The first-order chi connectivity index (χ1) is 12.2. The number of piperazine rings is 1. The summed E-state index contributed by atoms with van der Waals surface area (Å²) in [5.41, 5.74) is 2.92. The Balaban J connectivity index is 0.00000131. The van der Waals surface area contributed by atoms with Gasteiger partial charge in [-0.25, -0.2) is 4.68 Å². The lowest BCUT2D eigenvalue weighted by atomic mass is 10.1. The molecule has 0 aliphatic carbocycles. The molecule has 7 nitrogen and oxygen atoms in total. The average Bonchev–Trinajstić information content (AvgIpc) is 3.02. The van der Waals surface area contributed by atoms with E-state index in [9.17, 15) is 4.79 Å². The number of nitrogens with zero attached hydrogens (tertiary/aromatic N) is 5.